The molecule has 1 aliphatic carbocycles. The van der Waals surface area contributed by atoms with E-state index in [0.29, 0.717) is 15.1 Å². The molecule has 25 heavy (non-hydrogen) atoms. The molecule has 0 unspecified atom stereocenters. The molecule has 0 amide bonds. The molecule has 3 nitrogen and oxygen atoms in total. The van der Waals surface area contributed by atoms with Crippen molar-refractivity contribution in [3.05, 3.63) is 63.1 Å². The summed E-state index contributed by atoms with van der Waals surface area (Å²) in [4.78, 5) is 6.30. The minimum absolute atomic E-state index is 0.0200. The normalized spacial score (nSPS) is 28.4. The third-order valence-corrected chi connectivity index (χ3v) is 6.43. The SMILES string of the molecule is OC[C@@]12CCC[C@@H]1ON(c1ccccc1)[C@@H]2c1cc(Cl)cc(Cl)c1Cl. The molecule has 1 saturated heterocycles. The van der Waals surface area contributed by atoms with Gasteiger partial charge in [-0.05, 0) is 49.1 Å². The molecule has 132 valence electrons. The summed E-state index contributed by atoms with van der Waals surface area (Å²) in [6, 6.07) is 13.1. The first-order valence-corrected chi connectivity index (χ1v) is 9.46. The number of aliphatic hydroxyl groups is 1. The molecule has 1 N–H and O–H groups in total. The fourth-order valence-electron chi connectivity index (χ4n) is 4.23. The number of hydroxylamine groups is 1. The van der Waals surface area contributed by atoms with E-state index in [2.05, 4.69) is 0 Å². The minimum atomic E-state index is -0.423. The second-order valence-electron chi connectivity index (χ2n) is 6.73. The van der Waals surface area contributed by atoms with E-state index >= 15 is 0 Å². The smallest absolute Gasteiger partial charge is 0.0959 e. The standard InChI is InChI=1S/C19H18Cl3NO2/c20-12-9-14(17(22)15(21)10-12)18-19(11-24)8-4-7-16(19)25-23(18)13-5-2-1-3-6-13/h1-3,5-6,9-10,16,18,24H,4,7-8,11H2/t16-,18+,19-/m0/s1. The Balaban J connectivity index is 1.90. The lowest BCUT2D eigenvalue weighted by Crippen LogP contribution is -2.37. The van der Waals surface area contributed by atoms with Crippen molar-refractivity contribution < 1.29 is 9.94 Å². The Morgan fingerprint density at radius 2 is 1.92 bits per heavy atom. The topological polar surface area (TPSA) is 32.7 Å². The number of aliphatic hydroxyl groups excluding tert-OH is 1. The van der Waals surface area contributed by atoms with Gasteiger partial charge >= 0.3 is 0 Å². The van der Waals surface area contributed by atoms with Crippen LogP contribution in [0, 0.1) is 5.41 Å². The molecule has 2 fully saturated rings. The Hall–Kier alpha value is -0.970. The maximum absolute atomic E-state index is 10.3. The highest BCUT2D eigenvalue weighted by atomic mass is 35.5. The van der Waals surface area contributed by atoms with E-state index in [1.54, 1.807) is 6.07 Å². The summed E-state index contributed by atoms with van der Waals surface area (Å²) >= 11 is 19.1. The molecular weight excluding hydrogens is 381 g/mol. The first-order valence-electron chi connectivity index (χ1n) is 8.33. The van der Waals surface area contributed by atoms with Gasteiger partial charge in [0.2, 0.25) is 0 Å². The van der Waals surface area contributed by atoms with Gasteiger partial charge in [-0.1, -0.05) is 53.0 Å². The number of para-hydroxylation sites is 1. The first-order chi connectivity index (χ1) is 12.1. The number of hydrogen-bond acceptors (Lipinski definition) is 3. The summed E-state index contributed by atoms with van der Waals surface area (Å²) in [5.41, 5.74) is 1.29. The van der Waals surface area contributed by atoms with E-state index in [9.17, 15) is 5.11 Å². The van der Waals surface area contributed by atoms with Crippen LogP contribution in [0.1, 0.15) is 30.9 Å². The van der Waals surface area contributed by atoms with Gasteiger partial charge in [0, 0.05) is 10.4 Å². The average Bonchev–Trinajstić information content (AvgIpc) is 3.15. The second kappa shape index (κ2) is 6.64. The Morgan fingerprint density at radius 3 is 2.64 bits per heavy atom. The molecule has 1 heterocycles. The summed E-state index contributed by atoms with van der Waals surface area (Å²) in [6.45, 7) is 0.0200. The van der Waals surface area contributed by atoms with Gasteiger partial charge in [-0.25, -0.2) is 5.06 Å². The molecule has 1 aliphatic heterocycles. The monoisotopic (exact) mass is 397 g/mol. The number of fused-ring (bicyclic) bond motifs is 1. The number of hydrogen-bond donors (Lipinski definition) is 1. The maximum atomic E-state index is 10.3. The predicted octanol–water partition coefficient (Wildman–Crippen LogP) is 5.67. The maximum Gasteiger partial charge on any atom is 0.0959 e. The lowest BCUT2D eigenvalue weighted by Gasteiger charge is -2.35. The molecule has 2 aromatic rings. The number of anilines is 1. The Bertz CT molecular complexity index is 786. The van der Waals surface area contributed by atoms with Crippen LogP contribution in [0.25, 0.3) is 0 Å². The summed E-state index contributed by atoms with van der Waals surface area (Å²) in [5.74, 6) is 0. The Kier molecular flexibility index (Phi) is 4.63. The average molecular weight is 399 g/mol. The number of benzene rings is 2. The second-order valence-corrected chi connectivity index (χ2v) is 7.95. The number of nitrogens with zero attached hydrogens (tertiary/aromatic N) is 1. The van der Waals surface area contributed by atoms with Gasteiger partial charge < -0.3 is 5.11 Å². The Morgan fingerprint density at radius 1 is 1.16 bits per heavy atom. The molecule has 0 bridgehead atoms. The van der Waals surface area contributed by atoms with Crippen LogP contribution in [0.2, 0.25) is 15.1 Å². The zero-order chi connectivity index (χ0) is 17.6. The van der Waals surface area contributed by atoms with Crippen LogP contribution in [0.4, 0.5) is 5.69 Å². The van der Waals surface area contributed by atoms with Gasteiger partial charge in [-0.2, -0.15) is 0 Å². The van der Waals surface area contributed by atoms with E-state index in [1.807, 2.05) is 41.5 Å². The van der Waals surface area contributed by atoms with Crippen molar-refractivity contribution in [1.29, 1.82) is 0 Å². The fraction of sp³-hybridized carbons (Fsp3) is 0.368. The third-order valence-electron chi connectivity index (χ3n) is 5.39. The molecule has 0 aromatic heterocycles. The molecule has 3 atom stereocenters. The van der Waals surface area contributed by atoms with Crippen molar-refractivity contribution in [3.63, 3.8) is 0 Å². The van der Waals surface area contributed by atoms with Crippen LogP contribution in [-0.4, -0.2) is 17.8 Å². The van der Waals surface area contributed by atoms with Gasteiger partial charge in [0.05, 0.1) is 34.5 Å². The van der Waals surface area contributed by atoms with Crippen LogP contribution in [0.15, 0.2) is 42.5 Å². The van der Waals surface area contributed by atoms with Crippen molar-refractivity contribution in [3.8, 4) is 0 Å². The van der Waals surface area contributed by atoms with Crippen molar-refractivity contribution >= 4 is 40.5 Å². The summed E-state index contributed by atoms with van der Waals surface area (Å²) in [5, 5.41) is 13.6. The van der Waals surface area contributed by atoms with Gasteiger partial charge in [0.25, 0.3) is 0 Å². The van der Waals surface area contributed by atoms with Crippen LogP contribution in [0.5, 0.6) is 0 Å². The molecule has 1 saturated carbocycles. The quantitative estimate of drug-likeness (QED) is 0.676. The van der Waals surface area contributed by atoms with Crippen molar-refractivity contribution in [2.24, 2.45) is 5.41 Å². The van der Waals surface area contributed by atoms with E-state index < -0.39 is 5.41 Å². The summed E-state index contributed by atoms with van der Waals surface area (Å²) < 4.78 is 0. The lowest BCUT2D eigenvalue weighted by molar-refractivity contribution is 0.0280. The highest BCUT2D eigenvalue weighted by Gasteiger charge is 2.59. The van der Waals surface area contributed by atoms with Gasteiger partial charge in [0.1, 0.15) is 0 Å². The molecule has 4 rings (SSSR count). The number of rotatable bonds is 3. The van der Waals surface area contributed by atoms with Gasteiger partial charge in [-0.15, -0.1) is 0 Å². The third kappa shape index (κ3) is 2.73. The molecule has 6 heteroatoms. The molecule has 0 spiro atoms. The largest absolute Gasteiger partial charge is 0.396 e. The van der Waals surface area contributed by atoms with E-state index in [-0.39, 0.29) is 18.8 Å². The molecule has 2 aromatic carbocycles. The van der Waals surface area contributed by atoms with Crippen molar-refractivity contribution in [1.82, 2.24) is 0 Å². The molecule has 2 aliphatic rings. The number of halogens is 3. The summed E-state index contributed by atoms with van der Waals surface area (Å²) in [6.07, 6.45) is 2.72. The Labute approximate surface area is 162 Å². The van der Waals surface area contributed by atoms with Crippen LogP contribution >= 0.6 is 34.8 Å². The highest BCUT2D eigenvalue weighted by molar-refractivity contribution is 6.43. The van der Waals surface area contributed by atoms with Gasteiger partial charge in [-0.3, -0.25) is 4.84 Å². The highest BCUT2D eigenvalue weighted by Crippen LogP contribution is 2.59. The molecule has 0 radical (unpaired) electrons. The zero-order valence-corrected chi connectivity index (χ0v) is 15.7. The predicted molar refractivity (Wildman–Crippen MR) is 101 cm³/mol. The van der Waals surface area contributed by atoms with E-state index in [4.69, 9.17) is 39.6 Å². The van der Waals surface area contributed by atoms with Crippen molar-refractivity contribution in [2.75, 3.05) is 11.7 Å². The van der Waals surface area contributed by atoms with E-state index in [0.717, 1.165) is 30.5 Å². The first kappa shape index (κ1) is 17.4. The van der Waals surface area contributed by atoms with Crippen LogP contribution in [0.3, 0.4) is 0 Å². The van der Waals surface area contributed by atoms with Crippen LogP contribution < -0.4 is 5.06 Å². The lowest BCUT2D eigenvalue weighted by atomic mass is 9.75. The van der Waals surface area contributed by atoms with Crippen molar-refractivity contribution in [2.45, 2.75) is 31.4 Å². The fourth-order valence-corrected chi connectivity index (χ4v) is 4.95. The molecular formula is C19H18Cl3NO2. The summed E-state index contributed by atoms with van der Waals surface area (Å²) in [7, 11) is 0. The van der Waals surface area contributed by atoms with Gasteiger partial charge in [0.15, 0.2) is 0 Å². The minimum Gasteiger partial charge on any atom is -0.396 e. The van der Waals surface area contributed by atoms with E-state index in [1.165, 1.54) is 0 Å². The van der Waals surface area contributed by atoms with Crippen LogP contribution in [-0.2, 0) is 4.84 Å². The zero-order valence-electron chi connectivity index (χ0n) is 13.5.